The van der Waals surface area contributed by atoms with Gasteiger partial charge in [-0.15, -0.1) is 11.3 Å². The van der Waals surface area contributed by atoms with E-state index in [1.165, 1.54) is 10.4 Å². The van der Waals surface area contributed by atoms with Crippen LogP contribution in [0.15, 0.2) is 55.0 Å². The zero-order valence-electron chi connectivity index (χ0n) is 23.6. The molecule has 0 unspecified atom stereocenters. The third-order valence-electron chi connectivity index (χ3n) is 7.51. The van der Waals surface area contributed by atoms with Crippen molar-refractivity contribution < 1.29 is 14.3 Å². The summed E-state index contributed by atoms with van der Waals surface area (Å²) in [5, 5.41) is 4.56. The van der Waals surface area contributed by atoms with E-state index in [2.05, 4.69) is 38.2 Å². The number of aryl methyl sites for hydroxylation is 2. The van der Waals surface area contributed by atoms with Gasteiger partial charge in [0, 0.05) is 54.4 Å². The maximum atomic E-state index is 13.1. The van der Waals surface area contributed by atoms with Gasteiger partial charge in [0.15, 0.2) is 0 Å². The van der Waals surface area contributed by atoms with Crippen molar-refractivity contribution in [1.29, 1.82) is 0 Å². The van der Waals surface area contributed by atoms with E-state index in [1.54, 1.807) is 29.9 Å². The van der Waals surface area contributed by atoms with Gasteiger partial charge < -0.3 is 19.7 Å². The van der Waals surface area contributed by atoms with Gasteiger partial charge in [0.1, 0.15) is 28.5 Å². The molecule has 212 valence electrons. The minimum Gasteiger partial charge on any atom is -0.455 e. The molecular formula is C31H34N6O3S. The van der Waals surface area contributed by atoms with E-state index in [0.29, 0.717) is 18.8 Å². The molecule has 1 saturated heterocycles. The minimum atomic E-state index is 0.0526. The van der Waals surface area contributed by atoms with Gasteiger partial charge >= 0.3 is 0 Å². The lowest BCUT2D eigenvalue weighted by molar-refractivity contribution is -0.127. The van der Waals surface area contributed by atoms with Crippen molar-refractivity contribution >= 4 is 39.0 Å². The number of thiophene rings is 1. The van der Waals surface area contributed by atoms with E-state index in [1.807, 2.05) is 49.1 Å². The van der Waals surface area contributed by atoms with Gasteiger partial charge in [0.25, 0.3) is 0 Å². The standard InChI is InChI=1S/C31H34N6O3S/c1-20-15-23(7-9-25(20)40-24-8-6-22(3)32-16-24)35-30-29-28-21(2)17-37(18-26(28)41-31(29)34-19-33-30)27(38)5-4-10-36-11-13-39-14-12-36/h4-9,15-16,19,21H,10-14,17-18H2,1-3H3,(H,33,34,35)/t21-/m0/s1. The highest BCUT2D eigenvalue weighted by molar-refractivity contribution is 7.19. The first-order valence-corrected chi connectivity index (χ1v) is 14.8. The average molecular weight is 571 g/mol. The highest BCUT2D eigenvalue weighted by Crippen LogP contribution is 2.42. The Hall–Kier alpha value is -3.86. The molecule has 0 aliphatic carbocycles. The largest absolute Gasteiger partial charge is 0.455 e. The lowest BCUT2D eigenvalue weighted by atomic mass is 9.94. The predicted molar refractivity (Wildman–Crippen MR) is 161 cm³/mol. The number of rotatable bonds is 7. The minimum absolute atomic E-state index is 0.0526. The first-order valence-electron chi connectivity index (χ1n) is 13.9. The van der Waals surface area contributed by atoms with Gasteiger partial charge in [0.2, 0.25) is 5.91 Å². The fourth-order valence-corrected chi connectivity index (χ4v) is 6.65. The maximum Gasteiger partial charge on any atom is 0.246 e. The number of hydrogen-bond acceptors (Lipinski definition) is 9. The molecule has 10 heteroatoms. The van der Waals surface area contributed by atoms with E-state index in [4.69, 9.17) is 9.47 Å². The van der Waals surface area contributed by atoms with Crippen LogP contribution >= 0.6 is 11.3 Å². The Balaban J connectivity index is 1.18. The number of nitrogens with zero attached hydrogens (tertiary/aromatic N) is 5. The van der Waals surface area contributed by atoms with Crippen LogP contribution < -0.4 is 10.1 Å². The summed E-state index contributed by atoms with van der Waals surface area (Å²) >= 11 is 1.65. The summed E-state index contributed by atoms with van der Waals surface area (Å²) in [6, 6.07) is 9.85. The molecule has 0 spiro atoms. The van der Waals surface area contributed by atoms with Crippen LogP contribution in [-0.4, -0.2) is 70.1 Å². The lowest BCUT2D eigenvalue weighted by Gasteiger charge is -2.31. The molecule has 2 aliphatic heterocycles. The average Bonchev–Trinajstić information content (AvgIpc) is 3.36. The molecule has 2 aliphatic rings. The van der Waals surface area contributed by atoms with E-state index >= 15 is 0 Å². The van der Waals surface area contributed by atoms with Crippen LogP contribution in [0, 0.1) is 13.8 Å². The number of amides is 1. The number of ether oxygens (including phenoxy) is 2. The SMILES string of the molecule is Cc1ccc(Oc2ccc(Nc3ncnc4sc5c(c34)[C@@H](C)CN(C(=O)C=CCN3CCOCC3)C5)cc2C)cn1. The Labute approximate surface area is 243 Å². The Morgan fingerprint density at radius 1 is 1.17 bits per heavy atom. The van der Waals surface area contributed by atoms with Crippen molar-refractivity contribution in [2.24, 2.45) is 0 Å². The first kappa shape index (κ1) is 27.3. The molecule has 6 rings (SSSR count). The van der Waals surface area contributed by atoms with Crippen molar-refractivity contribution in [3.63, 3.8) is 0 Å². The Bertz CT molecular complexity index is 1580. The smallest absolute Gasteiger partial charge is 0.246 e. The third-order valence-corrected chi connectivity index (χ3v) is 8.61. The number of carbonyl (C=O) groups excluding carboxylic acids is 1. The third kappa shape index (κ3) is 6.09. The van der Waals surface area contributed by atoms with Gasteiger partial charge in [-0.25, -0.2) is 9.97 Å². The quantitative estimate of drug-likeness (QED) is 0.288. The van der Waals surface area contributed by atoms with Crippen LogP contribution in [0.2, 0.25) is 0 Å². The summed E-state index contributed by atoms with van der Waals surface area (Å²) < 4.78 is 11.4. The van der Waals surface area contributed by atoms with Crippen molar-refractivity contribution in [2.75, 3.05) is 44.7 Å². The normalized spacial score (nSPS) is 17.6. The monoisotopic (exact) mass is 570 g/mol. The number of anilines is 2. The topological polar surface area (TPSA) is 92.7 Å². The molecule has 0 saturated carbocycles. The molecule has 0 bridgehead atoms. The first-order chi connectivity index (χ1) is 19.9. The lowest BCUT2D eigenvalue weighted by Crippen LogP contribution is -2.37. The molecule has 4 aromatic rings. The van der Waals surface area contributed by atoms with E-state index < -0.39 is 0 Å². The molecule has 41 heavy (non-hydrogen) atoms. The van der Waals surface area contributed by atoms with Gasteiger partial charge in [-0.1, -0.05) is 13.0 Å². The second-order valence-corrected chi connectivity index (χ2v) is 11.7. The fraction of sp³-hybridized carbons (Fsp3) is 0.355. The summed E-state index contributed by atoms with van der Waals surface area (Å²) in [5.41, 5.74) is 4.10. The highest BCUT2D eigenvalue weighted by Gasteiger charge is 2.30. The molecule has 5 heterocycles. The Morgan fingerprint density at radius 3 is 2.80 bits per heavy atom. The molecule has 1 N–H and O–H groups in total. The summed E-state index contributed by atoms with van der Waals surface area (Å²) in [5.74, 6) is 2.48. The molecule has 9 nitrogen and oxygen atoms in total. The van der Waals surface area contributed by atoms with Gasteiger partial charge in [-0.2, -0.15) is 0 Å². The molecule has 1 fully saturated rings. The van der Waals surface area contributed by atoms with Crippen molar-refractivity contribution in [2.45, 2.75) is 33.2 Å². The van der Waals surface area contributed by atoms with Gasteiger partial charge in [-0.05, 0) is 55.3 Å². The van der Waals surface area contributed by atoms with Gasteiger partial charge in [0.05, 0.1) is 31.3 Å². The van der Waals surface area contributed by atoms with Crippen LogP contribution in [-0.2, 0) is 16.1 Å². The number of hydrogen-bond donors (Lipinski definition) is 1. The number of nitrogens with one attached hydrogen (secondary N) is 1. The van der Waals surface area contributed by atoms with Crippen molar-refractivity contribution in [3.05, 3.63) is 76.7 Å². The molecular weight excluding hydrogens is 536 g/mol. The summed E-state index contributed by atoms with van der Waals surface area (Å²) in [4.78, 5) is 32.9. The van der Waals surface area contributed by atoms with E-state index in [9.17, 15) is 4.79 Å². The summed E-state index contributed by atoms with van der Waals surface area (Å²) in [7, 11) is 0. The van der Waals surface area contributed by atoms with Crippen LogP contribution in [0.4, 0.5) is 11.5 Å². The second-order valence-electron chi connectivity index (χ2n) is 10.6. The number of morpholine rings is 1. The maximum absolute atomic E-state index is 13.1. The molecule has 0 radical (unpaired) electrons. The fourth-order valence-electron chi connectivity index (χ4n) is 5.37. The summed E-state index contributed by atoms with van der Waals surface area (Å²) in [6.07, 6.45) is 7.03. The number of carbonyl (C=O) groups is 1. The Morgan fingerprint density at radius 2 is 2.02 bits per heavy atom. The van der Waals surface area contributed by atoms with Crippen molar-refractivity contribution in [1.82, 2.24) is 24.8 Å². The predicted octanol–water partition coefficient (Wildman–Crippen LogP) is 5.57. The number of benzene rings is 1. The number of aromatic nitrogens is 3. The van der Waals surface area contributed by atoms with Crippen LogP contribution in [0.3, 0.4) is 0 Å². The number of pyridine rings is 1. The zero-order chi connectivity index (χ0) is 28.3. The molecule has 1 atom stereocenters. The van der Waals surface area contributed by atoms with E-state index in [0.717, 1.165) is 71.6 Å². The van der Waals surface area contributed by atoms with Crippen LogP contribution in [0.5, 0.6) is 11.5 Å². The molecule has 3 aromatic heterocycles. The van der Waals surface area contributed by atoms with E-state index in [-0.39, 0.29) is 11.8 Å². The van der Waals surface area contributed by atoms with Gasteiger partial charge in [-0.3, -0.25) is 14.7 Å². The summed E-state index contributed by atoms with van der Waals surface area (Å²) in [6.45, 7) is 11.5. The number of fused-ring (bicyclic) bond motifs is 3. The van der Waals surface area contributed by atoms with Crippen molar-refractivity contribution in [3.8, 4) is 11.5 Å². The molecule has 1 aromatic carbocycles. The Kier molecular flexibility index (Phi) is 7.95. The second kappa shape index (κ2) is 11.9. The van der Waals surface area contributed by atoms with Crippen LogP contribution in [0.25, 0.3) is 10.2 Å². The zero-order valence-corrected chi connectivity index (χ0v) is 24.4. The molecule has 1 amide bonds. The highest BCUT2D eigenvalue weighted by atomic mass is 32.1. The van der Waals surface area contributed by atoms with Crippen LogP contribution in [0.1, 0.15) is 34.5 Å².